The molecule has 0 radical (unpaired) electrons. The van der Waals surface area contributed by atoms with E-state index in [2.05, 4.69) is 55.0 Å². The van der Waals surface area contributed by atoms with Crippen molar-refractivity contribution in [3.63, 3.8) is 0 Å². The van der Waals surface area contributed by atoms with Crippen LogP contribution in [0.1, 0.15) is 35.2 Å². The molecule has 1 unspecified atom stereocenters. The monoisotopic (exact) mass is 275 g/mol. The summed E-state index contributed by atoms with van der Waals surface area (Å²) in [4.78, 5) is 0. The van der Waals surface area contributed by atoms with E-state index in [4.69, 9.17) is 4.74 Å². The van der Waals surface area contributed by atoms with Crippen LogP contribution in [0.25, 0.3) is 0 Å². The molecule has 0 saturated heterocycles. The average molecular weight is 275 g/mol. The molecule has 0 saturated carbocycles. The Hall–Kier alpha value is -1.32. The second-order valence-electron chi connectivity index (χ2n) is 4.75. The highest BCUT2D eigenvalue weighted by atomic mass is 32.1. The van der Waals surface area contributed by atoms with Gasteiger partial charge in [-0.1, -0.05) is 13.0 Å². The second kappa shape index (κ2) is 6.22. The van der Waals surface area contributed by atoms with Crippen LogP contribution in [0.2, 0.25) is 0 Å². The average Bonchev–Trinajstić information content (AvgIpc) is 2.89. The molecule has 0 aliphatic rings. The number of benzene rings is 1. The number of thiophene rings is 1. The fourth-order valence-electron chi connectivity index (χ4n) is 2.51. The SMILES string of the molecule is CCNC(c1ccsc1)c1c(C)cc(C)cc1OC. The summed E-state index contributed by atoms with van der Waals surface area (Å²) in [5.74, 6) is 0.967. The van der Waals surface area contributed by atoms with Gasteiger partial charge in [-0.25, -0.2) is 0 Å². The fourth-order valence-corrected chi connectivity index (χ4v) is 3.19. The van der Waals surface area contributed by atoms with Crippen LogP contribution in [-0.2, 0) is 0 Å². The fraction of sp³-hybridized carbons (Fsp3) is 0.375. The summed E-state index contributed by atoms with van der Waals surface area (Å²) in [5.41, 5.74) is 5.05. The molecule has 1 aromatic heterocycles. The number of ether oxygens (including phenoxy) is 1. The van der Waals surface area contributed by atoms with Crippen LogP contribution in [0, 0.1) is 13.8 Å². The molecule has 1 heterocycles. The van der Waals surface area contributed by atoms with Gasteiger partial charge in [0.25, 0.3) is 0 Å². The van der Waals surface area contributed by atoms with E-state index in [-0.39, 0.29) is 6.04 Å². The first-order chi connectivity index (χ1) is 9.17. The van der Waals surface area contributed by atoms with Gasteiger partial charge in [0.05, 0.1) is 13.2 Å². The summed E-state index contributed by atoms with van der Waals surface area (Å²) in [6.07, 6.45) is 0. The topological polar surface area (TPSA) is 21.3 Å². The first-order valence-electron chi connectivity index (χ1n) is 6.58. The van der Waals surface area contributed by atoms with Crippen molar-refractivity contribution in [3.8, 4) is 5.75 Å². The summed E-state index contributed by atoms with van der Waals surface area (Å²) in [5, 5.41) is 7.88. The van der Waals surface area contributed by atoms with E-state index >= 15 is 0 Å². The summed E-state index contributed by atoms with van der Waals surface area (Å²) in [6, 6.07) is 6.71. The standard InChI is InChI=1S/C16H21NOS/c1-5-17-16(13-6-7-19-10-13)15-12(3)8-11(2)9-14(15)18-4/h6-10,16-17H,5H2,1-4H3. The smallest absolute Gasteiger partial charge is 0.124 e. The van der Waals surface area contributed by atoms with Crippen LogP contribution in [0.3, 0.4) is 0 Å². The van der Waals surface area contributed by atoms with Gasteiger partial charge in [-0.3, -0.25) is 0 Å². The maximum absolute atomic E-state index is 5.60. The summed E-state index contributed by atoms with van der Waals surface area (Å²) in [7, 11) is 1.74. The summed E-state index contributed by atoms with van der Waals surface area (Å²) >= 11 is 1.73. The van der Waals surface area contributed by atoms with E-state index in [1.54, 1.807) is 18.4 Å². The molecule has 1 atom stereocenters. The van der Waals surface area contributed by atoms with Crippen LogP contribution in [0.15, 0.2) is 29.0 Å². The van der Waals surface area contributed by atoms with Gasteiger partial charge in [0.1, 0.15) is 5.75 Å². The minimum absolute atomic E-state index is 0.201. The van der Waals surface area contributed by atoms with E-state index in [0.717, 1.165) is 12.3 Å². The Kier molecular flexibility index (Phi) is 4.61. The molecule has 0 spiro atoms. The Balaban J connectivity index is 2.53. The highest BCUT2D eigenvalue weighted by molar-refractivity contribution is 7.08. The van der Waals surface area contributed by atoms with Gasteiger partial charge in [0.2, 0.25) is 0 Å². The van der Waals surface area contributed by atoms with Gasteiger partial charge in [-0.05, 0) is 60.0 Å². The van der Waals surface area contributed by atoms with Gasteiger partial charge in [-0.15, -0.1) is 0 Å². The van der Waals surface area contributed by atoms with Gasteiger partial charge in [0.15, 0.2) is 0 Å². The van der Waals surface area contributed by atoms with Crippen molar-refractivity contribution in [2.75, 3.05) is 13.7 Å². The van der Waals surface area contributed by atoms with Crippen molar-refractivity contribution in [1.82, 2.24) is 5.32 Å². The first kappa shape index (κ1) is 14.1. The first-order valence-corrected chi connectivity index (χ1v) is 7.52. The highest BCUT2D eigenvalue weighted by Gasteiger charge is 2.20. The van der Waals surface area contributed by atoms with E-state index in [9.17, 15) is 0 Å². The third kappa shape index (κ3) is 2.99. The third-order valence-electron chi connectivity index (χ3n) is 3.29. The molecule has 2 aromatic rings. The van der Waals surface area contributed by atoms with Crippen LogP contribution in [0.5, 0.6) is 5.75 Å². The van der Waals surface area contributed by atoms with Crippen LogP contribution < -0.4 is 10.1 Å². The number of rotatable bonds is 5. The van der Waals surface area contributed by atoms with Crippen LogP contribution in [0.4, 0.5) is 0 Å². The molecule has 3 heteroatoms. The van der Waals surface area contributed by atoms with E-state index in [1.807, 2.05) is 0 Å². The number of methoxy groups -OCH3 is 1. The maximum Gasteiger partial charge on any atom is 0.124 e. The van der Waals surface area contributed by atoms with Gasteiger partial charge < -0.3 is 10.1 Å². The van der Waals surface area contributed by atoms with Crippen molar-refractivity contribution in [2.45, 2.75) is 26.8 Å². The summed E-state index contributed by atoms with van der Waals surface area (Å²) in [6.45, 7) is 7.32. The largest absolute Gasteiger partial charge is 0.496 e. The molecule has 19 heavy (non-hydrogen) atoms. The molecule has 102 valence electrons. The highest BCUT2D eigenvalue weighted by Crippen LogP contribution is 2.34. The van der Waals surface area contributed by atoms with Crippen molar-refractivity contribution >= 4 is 11.3 Å². The Morgan fingerprint density at radius 2 is 2.11 bits per heavy atom. The molecule has 0 amide bonds. The van der Waals surface area contributed by atoms with Crippen LogP contribution in [-0.4, -0.2) is 13.7 Å². The van der Waals surface area contributed by atoms with Gasteiger partial charge >= 0.3 is 0 Å². The predicted molar refractivity (Wildman–Crippen MR) is 82.3 cm³/mol. The number of hydrogen-bond donors (Lipinski definition) is 1. The molecular weight excluding hydrogens is 254 g/mol. The van der Waals surface area contributed by atoms with Crippen molar-refractivity contribution in [3.05, 3.63) is 51.2 Å². The Bertz CT molecular complexity index is 534. The molecule has 1 aromatic carbocycles. The lowest BCUT2D eigenvalue weighted by Gasteiger charge is -2.23. The lowest BCUT2D eigenvalue weighted by atomic mass is 9.94. The molecule has 0 fully saturated rings. The zero-order valence-electron chi connectivity index (χ0n) is 12.0. The molecule has 0 aliphatic carbocycles. The molecule has 1 N–H and O–H groups in total. The molecule has 0 bridgehead atoms. The van der Waals surface area contributed by atoms with E-state index in [0.29, 0.717) is 0 Å². The third-order valence-corrected chi connectivity index (χ3v) is 3.99. The minimum atomic E-state index is 0.201. The quantitative estimate of drug-likeness (QED) is 0.888. The van der Waals surface area contributed by atoms with E-state index in [1.165, 1.54) is 22.3 Å². The minimum Gasteiger partial charge on any atom is -0.496 e. The zero-order chi connectivity index (χ0) is 13.8. The maximum atomic E-state index is 5.60. The van der Waals surface area contributed by atoms with Gasteiger partial charge in [-0.2, -0.15) is 11.3 Å². The van der Waals surface area contributed by atoms with Crippen LogP contribution >= 0.6 is 11.3 Å². The Morgan fingerprint density at radius 1 is 1.32 bits per heavy atom. The second-order valence-corrected chi connectivity index (χ2v) is 5.53. The number of hydrogen-bond acceptors (Lipinski definition) is 3. The molecule has 2 nitrogen and oxygen atoms in total. The zero-order valence-corrected chi connectivity index (χ0v) is 12.8. The summed E-state index contributed by atoms with van der Waals surface area (Å²) < 4.78 is 5.60. The Labute approximate surface area is 119 Å². The van der Waals surface area contributed by atoms with Crippen molar-refractivity contribution < 1.29 is 4.74 Å². The lowest BCUT2D eigenvalue weighted by molar-refractivity contribution is 0.403. The number of aryl methyl sites for hydroxylation is 2. The normalized spacial score (nSPS) is 12.4. The number of nitrogens with one attached hydrogen (secondary N) is 1. The molecule has 0 aliphatic heterocycles. The molecule has 2 rings (SSSR count). The van der Waals surface area contributed by atoms with Gasteiger partial charge in [0, 0.05) is 5.56 Å². The Morgan fingerprint density at radius 3 is 2.68 bits per heavy atom. The predicted octanol–water partition coefficient (Wildman–Crippen LogP) is 4.07. The molecular formula is C16H21NOS. The lowest BCUT2D eigenvalue weighted by Crippen LogP contribution is -2.23. The van der Waals surface area contributed by atoms with Crippen molar-refractivity contribution in [2.24, 2.45) is 0 Å². The van der Waals surface area contributed by atoms with E-state index < -0.39 is 0 Å². The van der Waals surface area contributed by atoms with Crippen molar-refractivity contribution in [1.29, 1.82) is 0 Å².